The SMILES string of the molecule is COc1ccccc1C(CNC(=O)COc1ccc(C(=O)NCC(c2ccccc2OC)N(C)C)cc1)N(C)C. The monoisotopic (exact) mass is 548 g/mol. The second-order valence-corrected chi connectivity index (χ2v) is 9.77. The Labute approximate surface area is 237 Å². The third-order valence-electron chi connectivity index (χ3n) is 6.68. The molecule has 0 aliphatic rings. The molecule has 9 heteroatoms. The van der Waals surface area contributed by atoms with E-state index >= 15 is 0 Å². The Morgan fingerprint density at radius 3 is 1.65 bits per heavy atom. The summed E-state index contributed by atoms with van der Waals surface area (Å²) in [6.45, 7) is 0.673. The Bertz CT molecular complexity index is 1250. The van der Waals surface area contributed by atoms with E-state index in [1.165, 1.54) is 0 Å². The summed E-state index contributed by atoms with van der Waals surface area (Å²) in [5.41, 5.74) is 2.49. The van der Waals surface area contributed by atoms with Crippen LogP contribution in [-0.2, 0) is 4.79 Å². The number of carbonyl (C=O) groups excluding carboxylic acids is 2. The minimum atomic E-state index is -0.241. The molecule has 214 valence electrons. The molecule has 0 saturated heterocycles. The molecular formula is C31H40N4O5. The lowest BCUT2D eigenvalue weighted by Gasteiger charge is -2.26. The van der Waals surface area contributed by atoms with Crippen molar-refractivity contribution in [3.63, 3.8) is 0 Å². The molecule has 40 heavy (non-hydrogen) atoms. The molecule has 0 radical (unpaired) electrons. The standard InChI is InChI=1S/C31H40N4O5/c1-34(2)26(24-11-7-9-13-28(24)38-5)19-32-30(36)21-40-23-17-15-22(16-18-23)31(37)33-20-27(35(3)4)25-12-8-10-14-29(25)39-6/h7-18,26-27H,19-21H2,1-6H3,(H,32,36)(H,33,37). The Balaban J connectivity index is 1.51. The molecule has 3 rings (SSSR count). The Morgan fingerprint density at radius 1 is 0.700 bits per heavy atom. The first kappa shape index (κ1) is 30.5. The lowest BCUT2D eigenvalue weighted by Crippen LogP contribution is -2.37. The third-order valence-corrected chi connectivity index (χ3v) is 6.68. The molecule has 3 aromatic rings. The van der Waals surface area contributed by atoms with E-state index in [9.17, 15) is 9.59 Å². The highest BCUT2D eigenvalue weighted by Crippen LogP contribution is 2.28. The van der Waals surface area contributed by atoms with Gasteiger partial charge in [-0.1, -0.05) is 36.4 Å². The number of ether oxygens (including phenoxy) is 3. The van der Waals surface area contributed by atoms with Crippen LogP contribution in [0, 0.1) is 0 Å². The fourth-order valence-corrected chi connectivity index (χ4v) is 4.43. The normalized spacial score (nSPS) is 12.5. The van der Waals surface area contributed by atoms with Crippen molar-refractivity contribution >= 4 is 11.8 Å². The van der Waals surface area contributed by atoms with Crippen molar-refractivity contribution < 1.29 is 23.8 Å². The van der Waals surface area contributed by atoms with Gasteiger partial charge in [0.05, 0.1) is 26.3 Å². The average Bonchev–Trinajstić information content (AvgIpc) is 2.96. The lowest BCUT2D eigenvalue weighted by molar-refractivity contribution is -0.123. The quantitative estimate of drug-likeness (QED) is 0.318. The maximum atomic E-state index is 12.8. The summed E-state index contributed by atoms with van der Waals surface area (Å²) in [5.74, 6) is 1.61. The van der Waals surface area contributed by atoms with E-state index < -0.39 is 0 Å². The van der Waals surface area contributed by atoms with E-state index in [-0.39, 0.29) is 30.5 Å². The zero-order valence-corrected chi connectivity index (χ0v) is 24.1. The van der Waals surface area contributed by atoms with Crippen LogP contribution in [0.1, 0.15) is 33.6 Å². The molecule has 0 bridgehead atoms. The fourth-order valence-electron chi connectivity index (χ4n) is 4.43. The van der Waals surface area contributed by atoms with Gasteiger partial charge in [0.2, 0.25) is 0 Å². The van der Waals surface area contributed by atoms with Gasteiger partial charge in [0.1, 0.15) is 17.2 Å². The number of amides is 2. The number of likely N-dealkylation sites (N-methyl/N-ethyl adjacent to an activating group) is 2. The van der Waals surface area contributed by atoms with Crippen LogP contribution < -0.4 is 24.8 Å². The molecule has 2 unspecified atom stereocenters. The van der Waals surface area contributed by atoms with Gasteiger partial charge in [-0.25, -0.2) is 0 Å². The van der Waals surface area contributed by atoms with Crippen LogP contribution in [0.15, 0.2) is 72.8 Å². The maximum Gasteiger partial charge on any atom is 0.258 e. The minimum Gasteiger partial charge on any atom is -0.496 e. The number of nitrogens with zero attached hydrogens (tertiary/aromatic N) is 2. The van der Waals surface area contributed by atoms with Crippen molar-refractivity contribution in [2.24, 2.45) is 0 Å². The summed E-state index contributed by atoms with van der Waals surface area (Å²) >= 11 is 0. The van der Waals surface area contributed by atoms with Crippen molar-refractivity contribution in [2.75, 3.05) is 62.1 Å². The van der Waals surface area contributed by atoms with Crippen LogP contribution in [0.25, 0.3) is 0 Å². The lowest BCUT2D eigenvalue weighted by atomic mass is 10.0. The predicted molar refractivity (Wildman–Crippen MR) is 156 cm³/mol. The second-order valence-electron chi connectivity index (χ2n) is 9.77. The van der Waals surface area contributed by atoms with Crippen molar-refractivity contribution in [1.29, 1.82) is 0 Å². The number of benzene rings is 3. The molecule has 0 fully saturated rings. The van der Waals surface area contributed by atoms with E-state index in [4.69, 9.17) is 14.2 Å². The average molecular weight is 549 g/mol. The molecule has 0 aliphatic carbocycles. The highest BCUT2D eigenvalue weighted by molar-refractivity contribution is 5.94. The number of carbonyl (C=O) groups is 2. The van der Waals surface area contributed by atoms with Crippen LogP contribution in [0.3, 0.4) is 0 Å². The topological polar surface area (TPSA) is 92.4 Å². The third kappa shape index (κ3) is 8.21. The largest absolute Gasteiger partial charge is 0.496 e. The highest BCUT2D eigenvalue weighted by atomic mass is 16.5. The number of hydrogen-bond donors (Lipinski definition) is 2. The van der Waals surface area contributed by atoms with Crippen LogP contribution in [0.5, 0.6) is 17.2 Å². The molecule has 2 atom stereocenters. The van der Waals surface area contributed by atoms with Gasteiger partial charge in [-0.15, -0.1) is 0 Å². The van der Waals surface area contributed by atoms with Gasteiger partial charge in [0, 0.05) is 29.8 Å². The van der Waals surface area contributed by atoms with Crippen molar-refractivity contribution in [3.8, 4) is 17.2 Å². The van der Waals surface area contributed by atoms with Gasteiger partial charge < -0.3 is 34.6 Å². The van der Waals surface area contributed by atoms with E-state index in [0.29, 0.717) is 24.4 Å². The Morgan fingerprint density at radius 2 is 1.18 bits per heavy atom. The molecule has 2 N–H and O–H groups in total. The van der Waals surface area contributed by atoms with Gasteiger partial charge in [0.15, 0.2) is 6.61 Å². The number of para-hydroxylation sites is 2. The first-order chi connectivity index (χ1) is 19.2. The molecular weight excluding hydrogens is 508 g/mol. The van der Waals surface area contributed by atoms with E-state index in [1.54, 1.807) is 38.5 Å². The molecule has 9 nitrogen and oxygen atoms in total. The van der Waals surface area contributed by atoms with Crippen LogP contribution >= 0.6 is 0 Å². The van der Waals surface area contributed by atoms with Crippen LogP contribution in [0.4, 0.5) is 0 Å². The van der Waals surface area contributed by atoms with E-state index in [1.807, 2.05) is 86.5 Å². The molecule has 0 aliphatic heterocycles. The molecule has 0 spiro atoms. The van der Waals surface area contributed by atoms with Crippen molar-refractivity contribution in [2.45, 2.75) is 12.1 Å². The minimum absolute atomic E-state index is 0.0590. The van der Waals surface area contributed by atoms with Gasteiger partial charge in [-0.2, -0.15) is 0 Å². The smallest absolute Gasteiger partial charge is 0.258 e. The number of hydrogen-bond acceptors (Lipinski definition) is 7. The molecule has 2 amide bonds. The summed E-state index contributed by atoms with van der Waals surface area (Å²) in [5, 5.41) is 5.94. The van der Waals surface area contributed by atoms with E-state index in [0.717, 1.165) is 22.6 Å². The van der Waals surface area contributed by atoms with Crippen LogP contribution in [-0.4, -0.2) is 83.7 Å². The molecule has 3 aromatic carbocycles. The van der Waals surface area contributed by atoms with Gasteiger partial charge in [-0.3, -0.25) is 9.59 Å². The van der Waals surface area contributed by atoms with Crippen molar-refractivity contribution in [3.05, 3.63) is 89.5 Å². The maximum absolute atomic E-state index is 12.8. The molecule has 0 saturated carbocycles. The van der Waals surface area contributed by atoms with E-state index in [2.05, 4.69) is 10.6 Å². The van der Waals surface area contributed by atoms with Gasteiger partial charge >= 0.3 is 0 Å². The number of rotatable bonds is 14. The Kier molecular flexibility index (Phi) is 11.4. The zero-order chi connectivity index (χ0) is 29.1. The molecule has 0 heterocycles. The highest BCUT2D eigenvalue weighted by Gasteiger charge is 2.20. The summed E-state index contributed by atoms with van der Waals surface area (Å²) < 4.78 is 16.6. The predicted octanol–water partition coefficient (Wildman–Crippen LogP) is 3.53. The summed E-state index contributed by atoms with van der Waals surface area (Å²) in [6, 6.07) is 22.1. The summed E-state index contributed by atoms with van der Waals surface area (Å²) in [6.07, 6.45) is 0. The zero-order valence-electron chi connectivity index (χ0n) is 24.1. The first-order valence-electron chi connectivity index (χ1n) is 13.1. The second kappa shape index (κ2) is 14.9. The fraction of sp³-hybridized carbons (Fsp3) is 0.355. The van der Waals surface area contributed by atoms with Crippen molar-refractivity contribution in [1.82, 2.24) is 20.4 Å². The number of methoxy groups -OCH3 is 2. The summed E-state index contributed by atoms with van der Waals surface area (Å²) in [4.78, 5) is 29.4. The number of nitrogens with one attached hydrogen (secondary N) is 2. The first-order valence-corrected chi connectivity index (χ1v) is 13.1. The Hall–Kier alpha value is -4.08. The van der Waals surface area contributed by atoms with Gasteiger partial charge in [0.25, 0.3) is 11.8 Å². The van der Waals surface area contributed by atoms with Crippen LogP contribution in [0.2, 0.25) is 0 Å². The molecule has 0 aromatic heterocycles. The summed E-state index contributed by atoms with van der Waals surface area (Å²) in [7, 11) is 11.1. The van der Waals surface area contributed by atoms with Gasteiger partial charge in [-0.05, 0) is 64.6 Å².